The molecule has 1 aromatic carbocycles. The van der Waals surface area contributed by atoms with E-state index >= 15 is 0 Å². The lowest BCUT2D eigenvalue weighted by molar-refractivity contribution is -0.137. The lowest BCUT2D eigenvalue weighted by Crippen LogP contribution is -2.16. The Morgan fingerprint density at radius 2 is 2.14 bits per heavy atom. The standard InChI is InChI=1S/C13H9F3N4O/c1-20-11(9(6-17)7-18-20)19-12(21)8-3-2-4-10(5-8)13(14,15)16/h2-5,7H,1H3,(H,19,21). The Labute approximate surface area is 117 Å². The zero-order valence-electron chi connectivity index (χ0n) is 10.8. The van der Waals surface area contributed by atoms with Gasteiger partial charge >= 0.3 is 6.18 Å². The molecular weight excluding hydrogens is 285 g/mol. The normalized spacial score (nSPS) is 11.0. The predicted molar refractivity (Wildman–Crippen MR) is 67.3 cm³/mol. The van der Waals surface area contributed by atoms with Gasteiger partial charge in [0.15, 0.2) is 0 Å². The van der Waals surface area contributed by atoms with E-state index in [0.717, 1.165) is 18.2 Å². The van der Waals surface area contributed by atoms with Gasteiger partial charge in [-0.2, -0.15) is 23.5 Å². The fourth-order valence-corrected chi connectivity index (χ4v) is 1.68. The monoisotopic (exact) mass is 294 g/mol. The summed E-state index contributed by atoms with van der Waals surface area (Å²) in [7, 11) is 1.50. The van der Waals surface area contributed by atoms with Gasteiger partial charge in [-0.15, -0.1) is 0 Å². The summed E-state index contributed by atoms with van der Waals surface area (Å²) < 4.78 is 39.1. The zero-order chi connectivity index (χ0) is 15.6. The fourth-order valence-electron chi connectivity index (χ4n) is 1.68. The minimum Gasteiger partial charge on any atom is -0.306 e. The Hall–Kier alpha value is -2.82. The van der Waals surface area contributed by atoms with E-state index in [1.807, 2.05) is 6.07 Å². The van der Waals surface area contributed by atoms with Crippen LogP contribution in [0.4, 0.5) is 19.0 Å². The second-order valence-electron chi connectivity index (χ2n) is 4.17. The number of benzene rings is 1. The van der Waals surface area contributed by atoms with E-state index in [1.54, 1.807) is 0 Å². The van der Waals surface area contributed by atoms with Gasteiger partial charge in [-0.25, -0.2) is 0 Å². The number of nitriles is 1. The number of aromatic nitrogens is 2. The Morgan fingerprint density at radius 1 is 1.43 bits per heavy atom. The smallest absolute Gasteiger partial charge is 0.306 e. The number of amides is 1. The van der Waals surface area contributed by atoms with Gasteiger partial charge in [-0.3, -0.25) is 9.48 Å². The molecule has 21 heavy (non-hydrogen) atoms. The average molecular weight is 294 g/mol. The molecule has 1 amide bonds. The minimum atomic E-state index is -4.53. The van der Waals surface area contributed by atoms with Crippen molar-refractivity contribution in [3.63, 3.8) is 0 Å². The first-order valence-corrected chi connectivity index (χ1v) is 5.73. The van der Waals surface area contributed by atoms with Crippen molar-refractivity contribution in [1.82, 2.24) is 9.78 Å². The first kappa shape index (κ1) is 14.6. The zero-order valence-corrected chi connectivity index (χ0v) is 10.8. The molecule has 0 aliphatic carbocycles. The SMILES string of the molecule is Cn1ncc(C#N)c1NC(=O)c1cccc(C(F)(F)F)c1. The van der Waals surface area contributed by atoms with Crippen LogP contribution in [0, 0.1) is 11.3 Å². The third-order valence-corrected chi connectivity index (χ3v) is 2.74. The maximum atomic E-state index is 12.6. The Morgan fingerprint density at radius 3 is 2.76 bits per heavy atom. The molecule has 0 aliphatic heterocycles. The van der Waals surface area contributed by atoms with Gasteiger partial charge in [-0.1, -0.05) is 6.07 Å². The summed E-state index contributed by atoms with van der Waals surface area (Å²) >= 11 is 0. The number of rotatable bonds is 2. The number of carbonyl (C=O) groups is 1. The molecule has 0 radical (unpaired) electrons. The summed E-state index contributed by atoms with van der Waals surface area (Å²) in [5.41, 5.74) is -0.951. The summed E-state index contributed by atoms with van der Waals surface area (Å²) in [5.74, 6) is -0.624. The van der Waals surface area contributed by atoms with Crippen LogP contribution in [0.2, 0.25) is 0 Å². The van der Waals surface area contributed by atoms with Crippen molar-refractivity contribution in [3.05, 3.63) is 47.2 Å². The Bertz CT molecular complexity index is 728. The van der Waals surface area contributed by atoms with Crippen LogP contribution in [0.1, 0.15) is 21.5 Å². The molecule has 0 aliphatic rings. The Balaban J connectivity index is 2.29. The third kappa shape index (κ3) is 3.02. The lowest BCUT2D eigenvalue weighted by atomic mass is 10.1. The first-order valence-electron chi connectivity index (χ1n) is 5.73. The van der Waals surface area contributed by atoms with Crippen molar-refractivity contribution >= 4 is 11.7 Å². The molecule has 108 valence electrons. The van der Waals surface area contributed by atoms with Crippen LogP contribution in [-0.4, -0.2) is 15.7 Å². The van der Waals surface area contributed by atoms with Gasteiger partial charge < -0.3 is 5.32 Å². The molecule has 5 nitrogen and oxygen atoms in total. The van der Waals surface area contributed by atoms with E-state index in [1.165, 1.54) is 24.0 Å². The second-order valence-corrected chi connectivity index (χ2v) is 4.17. The molecule has 0 saturated carbocycles. The van der Waals surface area contributed by atoms with E-state index in [2.05, 4.69) is 10.4 Å². The molecule has 0 saturated heterocycles. The summed E-state index contributed by atoms with van der Waals surface area (Å²) in [6, 6.07) is 5.86. The highest BCUT2D eigenvalue weighted by Gasteiger charge is 2.31. The lowest BCUT2D eigenvalue weighted by Gasteiger charge is -2.09. The predicted octanol–water partition coefficient (Wildman–Crippen LogP) is 2.56. The van der Waals surface area contributed by atoms with Crippen LogP contribution >= 0.6 is 0 Å². The van der Waals surface area contributed by atoms with E-state index in [4.69, 9.17) is 5.26 Å². The van der Waals surface area contributed by atoms with Crippen LogP contribution in [0.3, 0.4) is 0 Å². The van der Waals surface area contributed by atoms with Crippen molar-refractivity contribution < 1.29 is 18.0 Å². The summed E-state index contributed by atoms with van der Waals surface area (Å²) in [6.07, 6.45) is -3.28. The van der Waals surface area contributed by atoms with Gasteiger partial charge in [0.2, 0.25) is 0 Å². The average Bonchev–Trinajstić information content (AvgIpc) is 2.79. The summed E-state index contributed by atoms with van der Waals surface area (Å²) in [5, 5.41) is 15.0. The molecule has 8 heteroatoms. The van der Waals surface area contributed by atoms with E-state index in [0.29, 0.717) is 0 Å². The van der Waals surface area contributed by atoms with Gasteiger partial charge in [0, 0.05) is 12.6 Å². The molecule has 0 bridgehead atoms. The number of anilines is 1. The number of halogens is 3. The molecule has 0 atom stereocenters. The molecule has 1 aromatic heterocycles. The number of carbonyl (C=O) groups excluding carboxylic acids is 1. The highest BCUT2D eigenvalue weighted by Crippen LogP contribution is 2.29. The van der Waals surface area contributed by atoms with E-state index < -0.39 is 17.6 Å². The highest BCUT2D eigenvalue weighted by molar-refractivity contribution is 6.04. The van der Waals surface area contributed by atoms with Crippen LogP contribution in [0.15, 0.2) is 30.5 Å². The van der Waals surface area contributed by atoms with Crippen LogP contribution in [0.25, 0.3) is 0 Å². The fraction of sp³-hybridized carbons (Fsp3) is 0.154. The first-order chi connectivity index (χ1) is 9.82. The van der Waals surface area contributed by atoms with Crippen LogP contribution in [0.5, 0.6) is 0 Å². The molecule has 1 N–H and O–H groups in total. The third-order valence-electron chi connectivity index (χ3n) is 2.74. The molecule has 0 fully saturated rings. The van der Waals surface area contributed by atoms with E-state index in [-0.39, 0.29) is 16.9 Å². The molecule has 1 heterocycles. The van der Waals surface area contributed by atoms with Crippen molar-refractivity contribution in [1.29, 1.82) is 5.26 Å². The number of nitrogens with zero attached hydrogens (tertiary/aromatic N) is 3. The maximum Gasteiger partial charge on any atom is 0.416 e. The number of hydrogen-bond donors (Lipinski definition) is 1. The number of nitrogens with one attached hydrogen (secondary N) is 1. The largest absolute Gasteiger partial charge is 0.416 e. The van der Waals surface area contributed by atoms with Crippen molar-refractivity contribution in [3.8, 4) is 6.07 Å². The van der Waals surface area contributed by atoms with Crippen LogP contribution < -0.4 is 5.32 Å². The number of hydrogen-bond acceptors (Lipinski definition) is 3. The van der Waals surface area contributed by atoms with Gasteiger partial charge in [-0.05, 0) is 18.2 Å². The van der Waals surface area contributed by atoms with Crippen LogP contribution in [-0.2, 0) is 13.2 Å². The van der Waals surface area contributed by atoms with Crippen molar-refractivity contribution in [2.24, 2.45) is 7.05 Å². The summed E-state index contributed by atoms with van der Waals surface area (Å²) in [6.45, 7) is 0. The molecule has 2 aromatic rings. The topological polar surface area (TPSA) is 70.7 Å². The minimum absolute atomic E-state index is 0.123. The molecular formula is C13H9F3N4O. The van der Waals surface area contributed by atoms with Crippen molar-refractivity contribution in [2.45, 2.75) is 6.18 Å². The molecule has 2 rings (SSSR count). The Kier molecular flexibility index (Phi) is 3.67. The molecule has 0 spiro atoms. The van der Waals surface area contributed by atoms with Gasteiger partial charge in [0.25, 0.3) is 5.91 Å². The van der Waals surface area contributed by atoms with Gasteiger partial charge in [0.1, 0.15) is 17.5 Å². The van der Waals surface area contributed by atoms with E-state index in [9.17, 15) is 18.0 Å². The maximum absolute atomic E-state index is 12.6. The second kappa shape index (κ2) is 5.28. The number of alkyl halides is 3. The number of aryl methyl sites for hydroxylation is 1. The molecule has 0 unspecified atom stereocenters. The van der Waals surface area contributed by atoms with Crippen molar-refractivity contribution in [2.75, 3.05) is 5.32 Å². The summed E-state index contributed by atoms with van der Waals surface area (Å²) in [4.78, 5) is 12.0. The highest BCUT2D eigenvalue weighted by atomic mass is 19.4. The quantitative estimate of drug-likeness (QED) is 0.925. The van der Waals surface area contributed by atoms with Gasteiger partial charge in [0.05, 0.1) is 11.8 Å².